The van der Waals surface area contributed by atoms with E-state index in [4.69, 9.17) is 28.0 Å². The van der Waals surface area contributed by atoms with Crippen molar-refractivity contribution in [1.82, 2.24) is 0 Å². The van der Waals surface area contributed by atoms with Crippen molar-refractivity contribution in [2.45, 2.75) is 31.5 Å². The topological polar surface area (TPSA) is 38.7 Å². The van der Waals surface area contributed by atoms with E-state index in [0.717, 1.165) is 11.5 Å². The van der Waals surface area contributed by atoms with Crippen LogP contribution in [0.4, 0.5) is 13.2 Å². The standard InChI is InChI=1S/C22H18Cl2F3NO2S/c1-12-4-14(2-3-18(12)20(29)5-13-10-31-11-13)19-9-21(30-28-19,22(25,26)27)15-6-16(23)8-17(24)7-15/h2-4,6-8,13H,5,9-11H2,1H3. The Labute approximate surface area is 191 Å². The summed E-state index contributed by atoms with van der Waals surface area (Å²) in [7, 11) is 0. The highest BCUT2D eigenvalue weighted by Crippen LogP contribution is 2.49. The molecule has 0 aromatic heterocycles. The number of nitrogens with zero attached hydrogens (tertiary/aromatic N) is 1. The predicted octanol–water partition coefficient (Wildman–Crippen LogP) is 6.82. The molecule has 164 valence electrons. The molecule has 3 nitrogen and oxygen atoms in total. The molecule has 0 radical (unpaired) electrons. The Morgan fingerprint density at radius 3 is 2.42 bits per heavy atom. The maximum Gasteiger partial charge on any atom is 0.435 e. The molecule has 2 aliphatic heterocycles. The second-order valence-corrected chi connectivity index (χ2v) is 9.80. The first-order chi connectivity index (χ1) is 14.6. The summed E-state index contributed by atoms with van der Waals surface area (Å²) in [6.07, 6.45) is -4.79. The van der Waals surface area contributed by atoms with E-state index in [0.29, 0.717) is 29.0 Å². The van der Waals surface area contributed by atoms with Crippen molar-refractivity contribution in [2.75, 3.05) is 11.5 Å². The number of alkyl halides is 3. The fraction of sp³-hybridized carbons (Fsp3) is 0.364. The van der Waals surface area contributed by atoms with Crippen molar-refractivity contribution in [3.05, 3.63) is 68.7 Å². The number of carbonyl (C=O) groups excluding carboxylic acids is 1. The van der Waals surface area contributed by atoms with E-state index in [-0.39, 0.29) is 27.1 Å². The van der Waals surface area contributed by atoms with Gasteiger partial charge in [-0.3, -0.25) is 4.79 Å². The summed E-state index contributed by atoms with van der Waals surface area (Å²) >= 11 is 13.7. The molecule has 1 unspecified atom stereocenters. The number of aryl methyl sites for hydroxylation is 1. The van der Waals surface area contributed by atoms with Crippen LogP contribution in [0.5, 0.6) is 0 Å². The minimum atomic E-state index is -4.75. The van der Waals surface area contributed by atoms with Crippen LogP contribution in [0.3, 0.4) is 0 Å². The van der Waals surface area contributed by atoms with Gasteiger partial charge in [0, 0.05) is 34.0 Å². The smallest absolute Gasteiger partial charge is 0.374 e. The van der Waals surface area contributed by atoms with E-state index < -0.39 is 18.2 Å². The molecule has 1 atom stereocenters. The maximum atomic E-state index is 14.1. The third-order valence-electron chi connectivity index (χ3n) is 5.56. The quantitative estimate of drug-likeness (QED) is 0.434. The zero-order chi connectivity index (χ0) is 22.4. The lowest BCUT2D eigenvalue weighted by Crippen LogP contribution is -2.42. The van der Waals surface area contributed by atoms with E-state index >= 15 is 0 Å². The van der Waals surface area contributed by atoms with E-state index in [1.54, 1.807) is 25.1 Å². The Balaban J connectivity index is 1.61. The monoisotopic (exact) mass is 487 g/mol. The summed E-state index contributed by atoms with van der Waals surface area (Å²) in [5.41, 5.74) is -0.978. The second kappa shape index (κ2) is 8.34. The molecule has 0 saturated carbocycles. The van der Waals surface area contributed by atoms with Crippen LogP contribution in [0, 0.1) is 12.8 Å². The fourth-order valence-electron chi connectivity index (χ4n) is 3.78. The van der Waals surface area contributed by atoms with Crippen molar-refractivity contribution in [2.24, 2.45) is 11.1 Å². The molecule has 1 saturated heterocycles. The van der Waals surface area contributed by atoms with Crippen LogP contribution in [0.2, 0.25) is 10.0 Å². The van der Waals surface area contributed by atoms with Crippen molar-refractivity contribution >= 4 is 46.5 Å². The number of hydrogen-bond donors (Lipinski definition) is 0. The molecule has 4 rings (SSSR count). The van der Waals surface area contributed by atoms with Crippen molar-refractivity contribution in [3.63, 3.8) is 0 Å². The van der Waals surface area contributed by atoms with E-state index in [1.165, 1.54) is 18.2 Å². The zero-order valence-corrected chi connectivity index (χ0v) is 18.8. The maximum absolute atomic E-state index is 14.1. The molecule has 0 amide bonds. The van der Waals surface area contributed by atoms with E-state index in [1.807, 2.05) is 11.8 Å². The minimum Gasteiger partial charge on any atom is -0.374 e. The van der Waals surface area contributed by atoms with Crippen molar-refractivity contribution in [3.8, 4) is 0 Å². The molecular weight excluding hydrogens is 470 g/mol. The number of hydrogen-bond acceptors (Lipinski definition) is 4. The number of carbonyl (C=O) groups is 1. The van der Waals surface area contributed by atoms with Gasteiger partial charge in [0.2, 0.25) is 0 Å². The molecular formula is C22H18Cl2F3NO2S. The zero-order valence-electron chi connectivity index (χ0n) is 16.4. The molecule has 2 aromatic carbocycles. The van der Waals surface area contributed by atoms with Gasteiger partial charge in [0.1, 0.15) is 0 Å². The number of Topliss-reactive ketones (excluding diaryl/α,β-unsaturated/α-hetero) is 1. The first-order valence-electron chi connectivity index (χ1n) is 9.59. The van der Waals surface area contributed by atoms with Gasteiger partial charge in [-0.25, -0.2) is 0 Å². The van der Waals surface area contributed by atoms with Crippen molar-refractivity contribution in [1.29, 1.82) is 0 Å². The Hall–Kier alpha value is -1.70. The second-order valence-electron chi connectivity index (χ2n) is 7.85. The summed E-state index contributed by atoms with van der Waals surface area (Å²) < 4.78 is 42.4. The number of halogens is 5. The van der Waals surface area contributed by atoms with Crippen LogP contribution in [-0.2, 0) is 10.4 Å². The van der Waals surface area contributed by atoms with Crippen LogP contribution in [0.1, 0.15) is 39.9 Å². The third kappa shape index (κ3) is 4.32. The molecule has 0 bridgehead atoms. The highest BCUT2D eigenvalue weighted by atomic mass is 35.5. The number of thioether (sulfide) groups is 1. The van der Waals surface area contributed by atoms with Crippen LogP contribution in [0.25, 0.3) is 0 Å². The number of rotatable bonds is 5. The van der Waals surface area contributed by atoms with Crippen LogP contribution < -0.4 is 0 Å². The van der Waals surface area contributed by atoms with Gasteiger partial charge in [-0.2, -0.15) is 24.9 Å². The van der Waals surface area contributed by atoms with Gasteiger partial charge in [-0.05, 0) is 59.7 Å². The molecule has 2 aromatic rings. The van der Waals surface area contributed by atoms with Gasteiger partial charge in [-0.15, -0.1) is 0 Å². The van der Waals surface area contributed by atoms with Crippen LogP contribution >= 0.6 is 35.0 Å². The number of oxime groups is 1. The normalized spacial score (nSPS) is 21.4. The lowest BCUT2D eigenvalue weighted by molar-refractivity contribution is -0.275. The average molecular weight is 488 g/mol. The number of benzene rings is 2. The Morgan fingerprint density at radius 1 is 1.19 bits per heavy atom. The Kier molecular flexibility index (Phi) is 6.05. The van der Waals surface area contributed by atoms with E-state index in [9.17, 15) is 18.0 Å². The fourth-order valence-corrected chi connectivity index (χ4v) is 5.11. The molecule has 9 heteroatoms. The third-order valence-corrected chi connectivity index (χ3v) is 7.41. The van der Waals surface area contributed by atoms with Crippen LogP contribution in [-0.4, -0.2) is 29.2 Å². The van der Waals surface area contributed by atoms with Crippen molar-refractivity contribution < 1.29 is 22.8 Å². The summed E-state index contributed by atoms with van der Waals surface area (Å²) in [5.74, 6) is 2.44. The van der Waals surface area contributed by atoms with E-state index in [2.05, 4.69) is 5.16 Å². The van der Waals surface area contributed by atoms with Gasteiger partial charge in [0.15, 0.2) is 5.78 Å². The average Bonchev–Trinajstić information content (AvgIpc) is 3.10. The molecule has 1 fully saturated rings. The highest BCUT2D eigenvalue weighted by Gasteiger charge is 2.62. The highest BCUT2D eigenvalue weighted by molar-refractivity contribution is 8.00. The molecule has 2 heterocycles. The summed E-state index contributed by atoms with van der Waals surface area (Å²) in [6.45, 7) is 1.77. The predicted molar refractivity (Wildman–Crippen MR) is 117 cm³/mol. The molecule has 31 heavy (non-hydrogen) atoms. The first-order valence-corrected chi connectivity index (χ1v) is 11.5. The molecule has 0 spiro atoms. The van der Waals surface area contributed by atoms with Gasteiger partial charge in [-0.1, -0.05) is 40.5 Å². The van der Waals surface area contributed by atoms with Crippen LogP contribution in [0.15, 0.2) is 41.6 Å². The lowest BCUT2D eigenvalue weighted by Gasteiger charge is -2.29. The largest absolute Gasteiger partial charge is 0.435 e. The summed E-state index contributed by atoms with van der Waals surface area (Å²) in [6, 6.07) is 8.69. The summed E-state index contributed by atoms with van der Waals surface area (Å²) in [5, 5.41) is 3.92. The lowest BCUT2D eigenvalue weighted by atomic mass is 9.86. The first kappa shape index (κ1) is 22.5. The molecule has 2 aliphatic rings. The van der Waals surface area contributed by atoms with Gasteiger partial charge >= 0.3 is 6.18 Å². The molecule has 0 aliphatic carbocycles. The van der Waals surface area contributed by atoms with Gasteiger partial charge < -0.3 is 4.84 Å². The minimum absolute atomic E-state index is 0.0529. The SMILES string of the molecule is Cc1cc(C2=NOC(c3cc(Cl)cc(Cl)c3)(C(F)(F)F)C2)ccc1C(=O)CC1CSC1. The Bertz CT molecular complexity index is 1050. The van der Waals surface area contributed by atoms with Gasteiger partial charge in [0.25, 0.3) is 5.60 Å². The molecule has 0 N–H and O–H groups in total. The Morgan fingerprint density at radius 2 is 1.87 bits per heavy atom. The number of ketones is 1. The summed E-state index contributed by atoms with van der Waals surface area (Å²) in [4.78, 5) is 17.6. The van der Waals surface area contributed by atoms with Gasteiger partial charge in [0.05, 0.1) is 5.71 Å².